The summed E-state index contributed by atoms with van der Waals surface area (Å²) >= 11 is 2.01. The summed E-state index contributed by atoms with van der Waals surface area (Å²) in [5, 5.41) is 19.4. The summed E-state index contributed by atoms with van der Waals surface area (Å²) in [7, 11) is 0. The molecule has 1 aromatic rings. The number of aliphatic hydroxyl groups excluding tert-OH is 1. The molecule has 18 heavy (non-hydrogen) atoms. The second kappa shape index (κ2) is 5.44. The van der Waals surface area contributed by atoms with Crippen LogP contribution in [0, 0.1) is 9.49 Å². The number of rotatable bonds is 1. The Morgan fingerprint density at radius 2 is 2.22 bits per heavy atom. The number of nitrogens with zero attached hydrogens (tertiary/aromatic N) is 1. The van der Waals surface area contributed by atoms with Gasteiger partial charge < -0.3 is 15.1 Å². The van der Waals surface area contributed by atoms with E-state index in [0.29, 0.717) is 18.7 Å². The number of hydrogen-bond donors (Lipinski definition) is 2. The van der Waals surface area contributed by atoms with Gasteiger partial charge in [-0.2, -0.15) is 0 Å². The van der Waals surface area contributed by atoms with Crippen LogP contribution in [0.5, 0.6) is 5.75 Å². The number of benzene rings is 1. The van der Waals surface area contributed by atoms with E-state index in [2.05, 4.69) is 0 Å². The van der Waals surface area contributed by atoms with E-state index in [1.807, 2.05) is 29.5 Å². The molecule has 1 aromatic carbocycles. The summed E-state index contributed by atoms with van der Waals surface area (Å²) in [6.45, 7) is 3.01. The molecule has 4 nitrogen and oxygen atoms in total. The van der Waals surface area contributed by atoms with E-state index in [9.17, 15) is 15.0 Å². The van der Waals surface area contributed by atoms with E-state index in [4.69, 9.17) is 0 Å². The molecule has 1 heterocycles. The lowest BCUT2D eigenvalue weighted by atomic mass is 9.95. The van der Waals surface area contributed by atoms with Gasteiger partial charge in [0.1, 0.15) is 5.75 Å². The van der Waals surface area contributed by atoms with Gasteiger partial charge in [-0.3, -0.25) is 4.79 Å². The number of piperidine rings is 1. The summed E-state index contributed by atoms with van der Waals surface area (Å²) in [4.78, 5) is 13.9. The molecule has 1 saturated heterocycles. The van der Waals surface area contributed by atoms with E-state index < -0.39 is 6.10 Å². The molecule has 98 valence electrons. The van der Waals surface area contributed by atoms with Crippen molar-refractivity contribution in [2.75, 3.05) is 13.1 Å². The van der Waals surface area contributed by atoms with Crippen molar-refractivity contribution in [1.29, 1.82) is 0 Å². The number of amides is 1. The van der Waals surface area contributed by atoms with Gasteiger partial charge in [0.2, 0.25) is 0 Å². The maximum atomic E-state index is 12.2. The number of likely N-dealkylation sites (tertiary alicyclic amines) is 1. The number of hydrogen-bond acceptors (Lipinski definition) is 3. The molecule has 2 atom stereocenters. The molecule has 2 rings (SSSR count). The average Bonchev–Trinajstić information content (AvgIpc) is 2.35. The van der Waals surface area contributed by atoms with Gasteiger partial charge in [-0.1, -0.05) is 6.92 Å². The predicted molar refractivity (Wildman–Crippen MR) is 76.5 cm³/mol. The molecule has 0 bridgehead atoms. The first-order chi connectivity index (χ1) is 8.49. The summed E-state index contributed by atoms with van der Waals surface area (Å²) in [5.74, 6) is 0.221. The molecule has 1 aliphatic rings. The molecular weight excluding hydrogens is 345 g/mol. The molecule has 0 saturated carbocycles. The minimum absolute atomic E-state index is 0.118. The molecule has 1 amide bonds. The Morgan fingerprint density at radius 3 is 2.83 bits per heavy atom. The van der Waals surface area contributed by atoms with Gasteiger partial charge in [0.25, 0.3) is 5.91 Å². The highest BCUT2D eigenvalue weighted by molar-refractivity contribution is 14.1. The Labute approximate surface area is 120 Å². The first kappa shape index (κ1) is 13.6. The normalized spacial score (nSPS) is 24.1. The monoisotopic (exact) mass is 361 g/mol. The summed E-state index contributed by atoms with van der Waals surface area (Å²) in [6.07, 6.45) is 0.351. The number of aromatic hydroxyl groups is 1. The summed E-state index contributed by atoms with van der Waals surface area (Å²) in [5.41, 5.74) is 0.467. The third-order valence-corrected chi connectivity index (χ3v) is 4.31. The average molecular weight is 361 g/mol. The lowest BCUT2D eigenvalue weighted by molar-refractivity contribution is 0.0248. The number of carbonyl (C=O) groups is 1. The third-order valence-electron chi connectivity index (χ3n) is 3.40. The zero-order valence-corrected chi connectivity index (χ0v) is 12.3. The smallest absolute Gasteiger partial charge is 0.254 e. The Kier molecular flexibility index (Phi) is 4.11. The zero-order chi connectivity index (χ0) is 13.3. The maximum Gasteiger partial charge on any atom is 0.254 e. The molecule has 1 aliphatic heterocycles. The van der Waals surface area contributed by atoms with E-state index in [0.717, 1.165) is 9.99 Å². The number of phenols is 1. The Hall–Kier alpha value is -0.820. The van der Waals surface area contributed by atoms with E-state index in [1.165, 1.54) is 6.07 Å². The van der Waals surface area contributed by atoms with Gasteiger partial charge in [-0.05, 0) is 53.1 Å². The largest absolute Gasteiger partial charge is 0.507 e. The lowest BCUT2D eigenvalue weighted by Crippen LogP contribution is -2.45. The molecule has 5 heteroatoms. The Morgan fingerprint density at radius 1 is 1.50 bits per heavy atom. The van der Waals surface area contributed by atoms with Gasteiger partial charge in [0.15, 0.2) is 0 Å². The number of halogens is 1. The number of β-amino-alcohol motifs (C(OH)–C–C–N with tert-alkyl or cyclic N) is 1. The van der Waals surface area contributed by atoms with Crippen LogP contribution >= 0.6 is 22.6 Å². The fourth-order valence-corrected chi connectivity index (χ4v) is 2.40. The molecule has 0 aliphatic carbocycles. The molecular formula is C13H16INO3. The topological polar surface area (TPSA) is 60.8 Å². The predicted octanol–water partition coefficient (Wildman–Crippen LogP) is 1.84. The lowest BCUT2D eigenvalue weighted by Gasteiger charge is -2.34. The number of phenolic OH excluding ortho intramolecular Hbond substituents is 1. The van der Waals surface area contributed by atoms with Gasteiger partial charge in [0, 0.05) is 18.7 Å². The standard InChI is InChI=1S/C13H16INO3/c1-8-4-5-15(7-12(8)17)13(18)9-2-3-10(14)11(16)6-9/h2-3,6,8,12,16-17H,4-5,7H2,1H3. The molecule has 0 aromatic heterocycles. The highest BCUT2D eigenvalue weighted by Crippen LogP contribution is 2.23. The van der Waals surface area contributed by atoms with Crippen molar-refractivity contribution in [2.45, 2.75) is 19.4 Å². The number of carbonyl (C=O) groups excluding carboxylic acids is 1. The Bertz CT molecular complexity index is 464. The van der Waals surface area contributed by atoms with Crippen LogP contribution in [0.3, 0.4) is 0 Å². The Balaban J connectivity index is 2.14. The molecule has 1 fully saturated rings. The van der Waals surface area contributed by atoms with Crippen molar-refractivity contribution in [3.05, 3.63) is 27.3 Å². The van der Waals surface area contributed by atoms with Crippen molar-refractivity contribution in [3.8, 4) is 5.75 Å². The fraction of sp³-hybridized carbons (Fsp3) is 0.462. The fourth-order valence-electron chi connectivity index (χ4n) is 2.06. The van der Waals surface area contributed by atoms with Crippen LogP contribution in [0.25, 0.3) is 0 Å². The van der Waals surface area contributed by atoms with Crippen LogP contribution in [0.1, 0.15) is 23.7 Å². The van der Waals surface area contributed by atoms with Gasteiger partial charge >= 0.3 is 0 Å². The van der Waals surface area contributed by atoms with Crippen molar-refractivity contribution in [1.82, 2.24) is 4.90 Å². The quantitative estimate of drug-likeness (QED) is 0.751. The van der Waals surface area contributed by atoms with E-state index in [-0.39, 0.29) is 17.6 Å². The summed E-state index contributed by atoms with van der Waals surface area (Å²) < 4.78 is 0.719. The maximum absolute atomic E-state index is 12.2. The molecule has 2 unspecified atom stereocenters. The second-order valence-corrected chi connectivity index (χ2v) is 5.91. The van der Waals surface area contributed by atoms with Gasteiger partial charge in [-0.25, -0.2) is 0 Å². The second-order valence-electron chi connectivity index (χ2n) is 4.75. The minimum Gasteiger partial charge on any atom is -0.507 e. The van der Waals surface area contributed by atoms with Crippen molar-refractivity contribution in [2.24, 2.45) is 5.92 Å². The van der Waals surface area contributed by atoms with Crippen LogP contribution in [-0.4, -0.2) is 40.2 Å². The van der Waals surface area contributed by atoms with E-state index in [1.54, 1.807) is 17.0 Å². The third kappa shape index (κ3) is 2.77. The van der Waals surface area contributed by atoms with Crippen LogP contribution < -0.4 is 0 Å². The van der Waals surface area contributed by atoms with Crippen LogP contribution in [-0.2, 0) is 0 Å². The van der Waals surface area contributed by atoms with E-state index >= 15 is 0 Å². The van der Waals surface area contributed by atoms with Crippen LogP contribution in [0.15, 0.2) is 18.2 Å². The first-order valence-electron chi connectivity index (χ1n) is 5.95. The van der Waals surface area contributed by atoms with Crippen molar-refractivity contribution in [3.63, 3.8) is 0 Å². The highest BCUT2D eigenvalue weighted by Gasteiger charge is 2.27. The SMILES string of the molecule is CC1CCN(C(=O)c2ccc(I)c(O)c2)CC1O. The number of aliphatic hydroxyl groups is 1. The van der Waals surface area contributed by atoms with Crippen LogP contribution in [0.4, 0.5) is 0 Å². The molecule has 2 N–H and O–H groups in total. The van der Waals surface area contributed by atoms with Crippen molar-refractivity contribution < 1.29 is 15.0 Å². The zero-order valence-electron chi connectivity index (χ0n) is 10.1. The summed E-state index contributed by atoms with van der Waals surface area (Å²) in [6, 6.07) is 4.90. The first-order valence-corrected chi connectivity index (χ1v) is 7.02. The van der Waals surface area contributed by atoms with Crippen molar-refractivity contribution >= 4 is 28.5 Å². The minimum atomic E-state index is -0.458. The molecule has 0 spiro atoms. The van der Waals surface area contributed by atoms with Gasteiger partial charge in [0.05, 0.1) is 9.67 Å². The van der Waals surface area contributed by atoms with Gasteiger partial charge in [-0.15, -0.1) is 0 Å². The molecule has 0 radical (unpaired) electrons. The highest BCUT2D eigenvalue weighted by atomic mass is 127. The van der Waals surface area contributed by atoms with Crippen LogP contribution in [0.2, 0.25) is 0 Å².